The van der Waals surface area contributed by atoms with E-state index >= 15 is 0 Å². The molecule has 5 heteroatoms. The zero-order valence-electron chi connectivity index (χ0n) is 10.3. The van der Waals surface area contributed by atoms with Gasteiger partial charge in [-0.2, -0.15) is 5.10 Å². The molecule has 0 bridgehead atoms. The number of benzene rings is 1. The number of Topliss-reactive ketones (excluding diaryl/α,β-unsaturated/α-hetero) is 1. The van der Waals surface area contributed by atoms with Crippen LogP contribution in [0.15, 0.2) is 24.3 Å². The number of carbonyl (C=O) groups excluding carboxylic acids is 1. The van der Waals surface area contributed by atoms with Crippen LogP contribution >= 0.6 is 0 Å². The van der Waals surface area contributed by atoms with E-state index in [1.165, 1.54) is 18.2 Å². The second kappa shape index (κ2) is 4.60. The molecular weight excluding hydrogens is 233 g/mol. The van der Waals surface area contributed by atoms with Crippen LogP contribution in [0.4, 0.5) is 10.1 Å². The molecule has 2 rings (SSSR count). The SMILES string of the molecule is Cc1cc(CC(=O)c2cc(F)ccc2N)n(C)n1. The summed E-state index contributed by atoms with van der Waals surface area (Å²) in [6.45, 7) is 1.85. The third-order valence-corrected chi connectivity index (χ3v) is 2.76. The van der Waals surface area contributed by atoms with Gasteiger partial charge in [-0.05, 0) is 31.2 Å². The van der Waals surface area contributed by atoms with Crippen molar-refractivity contribution >= 4 is 11.5 Å². The average molecular weight is 247 g/mol. The van der Waals surface area contributed by atoms with Crippen LogP contribution in [0.25, 0.3) is 0 Å². The Kier molecular flexibility index (Phi) is 3.14. The Labute approximate surface area is 104 Å². The third kappa shape index (κ3) is 2.40. The van der Waals surface area contributed by atoms with Crippen molar-refractivity contribution in [3.63, 3.8) is 0 Å². The zero-order chi connectivity index (χ0) is 13.3. The van der Waals surface area contributed by atoms with Crippen LogP contribution in [0.1, 0.15) is 21.7 Å². The van der Waals surface area contributed by atoms with Crippen LogP contribution in [-0.4, -0.2) is 15.6 Å². The molecule has 0 amide bonds. The van der Waals surface area contributed by atoms with Crippen LogP contribution in [0.5, 0.6) is 0 Å². The summed E-state index contributed by atoms with van der Waals surface area (Å²) in [5.41, 5.74) is 7.80. The predicted octanol–water partition coefficient (Wildman–Crippen LogP) is 1.88. The summed E-state index contributed by atoms with van der Waals surface area (Å²) in [7, 11) is 1.77. The number of aryl methyl sites for hydroxylation is 2. The van der Waals surface area contributed by atoms with Crippen LogP contribution in [-0.2, 0) is 13.5 Å². The fourth-order valence-electron chi connectivity index (χ4n) is 1.86. The smallest absolute Gasteiger partial charge is 0.170 e. The number of carbonyl (C=O) groups is 1. The number of rotatable bonds is 3. The van der Waals surface area contributed by atoms with E-state index in [9.17, 15) is 9.18 Å². The second-order valence-electron chi connectivity index (χ2n) is 4.23. The van der Waals surface area contributed by atoms with Gasteiger partial charge in [0.25, 0.3) is 0 Å². The third-order valence-electron chi connectivity index (χ3n) is 2.76. The quantitative estimate of drug-likeness (QED) is 0.665. The van der Waals surface area contributed by atoms with E-state index in [1.54, 1.807) is 11.7 Å². The van der Waals surface area contributed by atoms with Crippen molar-refractivity contribution in [3.05, 3.63) is 47.0 Å². The van der Waals surface area contributed by atoms with E-state index in [0.29, 0.717) is 5.69 Å². The summed E-state index contributed by atoms with van der Waals surface area (Å²) >= 11 is 0. The molecule has 1 aromatic carbocycles. The molecule has 0 fully saturated rings. The molecule has 0 radical (unpaired) electrons. The molecule has 0 aliphatic rings. The number of aromatic nitrogens is 2. The summed E-state index contributed by atoms with van der Waals surface area (Å²) in [6.07, 6.45) is 0.158. The van der Waals surface area contributed by atoms with Crippen LogP contribution < -0.4 is 5.73 Å². The minimum Gasteiger partial charge on any atom is -0.398 e. The lowest BCUT2D eigenvalue weighted by Gasteiger charge is -2.05. The number of hydrogen-bond donors (Lipinski definition) is 1. The average Bonchev–Trinajstić information content (AvgIpc) is 2.61. The van der Waals surface area contributed by atoms with E-state index < -0.39 is 5.82 Å². The lowest BCUT2D eigenvalue weighted by molar-refractivity contribution is 0.0991. The van der Waals surface area contributed by atoms with Gasteiger partial charge >= 0.3 is 0 Å². The Morgan fingerprint density at radius 1 is 1.44 bits per heavy atom. The van der Waals surface area contributed by atoms with Crippen molar-refractivity contribution in [2.45, 2.75) is 13.3 Å². The molecule has 0 atom stereocenters. The molecule has 0 aliphatic carbocycles. The van der Waals surface area contributed by atoms with Gasteiger partial charge in [0.15, 0.2) is 5.78 Å². The lowest BCUT2D eigenvalue weighted by atomic mass is 10.0. The van der Waals surface area contributed by atoms with Gasteiger partial charge in [0, 0.05) is 24.0 Å². The Morgan fingerprint density at radius 3 is 2.78 bits per heavy atom. The van der Waals surface area contributed by atoms with Gasteiger partial charge < -0.3 is 5.73 Å². The molecular formula is C13H14FN3O. The fourth-order valence-corrected chi connectivity index (χ4v) is 1.86. The molecule has 0 unspecified atom stereocenters. The Hall–Kier alpha value is -2.17. The van der Waals surface area contributed by atoms with Crippen molar-refractivity contribution in [3.8, 4) is 0 Å². The number of nitrogens with zero attached hydrogens (tertiary/aromatic N) is 2. The number of nitrogens with two attached hydrogens (primary N) is 1. The maximum Gasteiger partial charge on any atom is 0.170 e. The summed E-state index contributed by atoms with van der Waals surface area (Å²) in [5, 5.41) is 4.16. The molecule has 2 aromatic rings. The topological polar surface area (TPSA) is 60.9 Å². The first-order chi connectivity index (χ1) is 8.47. The van der Waals surface area contributed by atoms with E-state index in [0.717, 1.165) is 11.4 Å². The van der Waals surface area contributed by atoms with Crippen molar-refractivity contribution in [1.29, 1.82) is 0 Å². The van der Waals surface area contributed by atoms with Gasteiger partial charge in [-0.25, -0.2) is 4.39 Å². The molecule has 18 heavy (non-hydrogen) atoms. The molecule has 0 aliphatic heterocycles. The summed E-state index contributed by atoms with van der Waals surface area (Å²) < 4.78 is 14.7. The molecule has 4 nitrogen and oxygen atoms in total. The number of halogens is 1. The van der Waals surface area contributed by atoms with Crippen molar-refractivity contribution in [2.75, 3.05) is 5.73 Å². The Balaban J connectivity index is 2.27. The number of ketones is 1. The van der Waals surface area contributed by atoms with E-state index in [-0.39, 0.29) is 17.8 Å². The monoisotopic (exact) mass is 247 g/mol. The standard InChI is InChI=1S/C13H14FN3O/c1-8-5-10(17(2)16-8)7-13(18)11-6-9(14)3-4-12(11)15/h3-6H,7,15H2,1-2H3. The molecule has 0 spiro atoms. The summed E-state index contributed by atoms with van der Waals surface area (Å²) in [6, 6.07) is 5.63. The van der Waals surface area contributed by atoms with Crippen molar-refractivity contribution in [1.82, 2.24) is 9.78 Å². The fraction of sp³-hybridized carbons (Fsp3) is 0.231. The maximum absolute atomic E-state index is 13.1. The molecule has 94 valence electrons. The predicted molar refractivity (Wildman–Crippen MR) is 66.8 cm³/mol. The first-order valence-electron chi connectivity index (χ1n) is 5.55. The van der Waals surface area contributed by atoms with Gasteiger partial charge in [0.05, 0.1) is 12.1 Å². The largest absolute Gasteiger partial charge is 0.398 e. The highest BCUT2D eigenvalue weighted by molar-refractivity contribution is 6.01. The van der Waals surface area contributed by atoms with Crippen molar-refractivity contribution < 1.29 is 9.18 Å². The number of anilines is 1. The van der Waals surface area contributed by atoms with Gasteiger partial charge in [0.2, 0.25) is 0 Å². The van der Waals surface area contributed by atoms with Crippen molar-refractivity contribution in [2.24, 2.45) is 7.05 Å². The first-order valence-corrected chi connectivity index (χ1v) is 5.55. The molecule has 1 aromatic heterocycles. The number of hydrogen-bond acceptors (Lipinski definition) is 3. The lowest BCUT2D eigenvalue weighted by Crippen LogP contribution is -2.10. The Morgan fingerprint density at radius 2 is 2.17 bits per heavy atom. The van der Waals surface area contributed by atoms with Gasteiger partial charge in [-0.1, -0.05) is 0 Å². The minimum atomic E-state index is -0.464. The zero-order valence-corrected chi connectivity index (χ0v) is 10.3. The normalized spacial score (nSPS) is 10.6. The highest BCUT2D eigenvalue weighted by Crippen LogP contribution is 2.16. The van der Waals surface area contributed by atoms with Crippen LogP contribution in [0.3, 0.4) is 0 Å². The minimum absolute atomic E-state index is 0.158. The molecule has 1 heterocycles. The molecule has 0 saturated carbocycles. The van der Waals surface area contributed by atoms with E-state index in [1.807, 2.05) is 13.0 Å². The first kappa shape index (κ1) is 12.3. The van der Waals surface area contributed by atoms with E-state index in [4.69, 9.17) is 5.73 Å². The van der Waals surface area contributed by atoms with Gasteiger partial charge in [0.1, 0.15) is 5.82 Å². The van der Waals surface area contributed by atoms with Crippen LogP contribution in [0, 0.1) is 12.7 Å². The summed E-state index contributed by atoms with van der Waals surface area (Å²) in [4.78, 5) is 12.1. The maximum atomic E-state index is 13.1. The highest BCUT2D eigenvalue weighted by atomic mass is 19.1. The van der Waals surface area contributed by atoms with Gasteiger partial charge in [-0.3, -0.25) is 9.48 Å². The Bertz CT molecular complexity index is 604. The van der Waals surface area contributed by atoms with Crippen LogP contribution in [0.2, 0.25) is 0 Å². The second-order valence-corrected chi connectivity index (χ2v) is 4.23. The summed E-state index contributed by atoms with van der Waals surface area (Å²) in [5.74, 6) is -0.677. The molecule has 2 N–H and O–H groups in total. The molecule has 0 saturated heterocycles. The van der Waals surface area contributed by atoms with E-state index in [2.05, 4.69) is 5.10 Å². The highest BCUT2D eigenvalue weighted by Gasteiger charge is 2.14. The number of nitrogen functional groups attached to an aromatic ring is 1. The van der Waals surface area contributed by atoms with Gasteiger partial charge in [-0.15, -0.1) is 0 Å².